The average Bonchev–Trinajstić information content (AvgIpc) is 2.52. The predicted molar refractivity (Wildman–Crippen MR) is 84.3 cm³/mol. The van der Waals surface area contributed by atoms with Crippen LogP contribution < -0.4 is 9.47 Å². The summed E-state index contributed by atoms with van der Waals surface area (Å²) >= 11 is 0. The van der Waals surface area contributed by atoms with Crippen molar-refractivity contribution in [2.24, 2.45) is 0 Å². The third-order valence-electron chi connectivity index (χ3n) is 3.16. The maximum atomic E-state index is 12.3. The van der Waals surface area contributed by atoms with Gasteiger partial charge >= 0.3 is 0 Å². The first-order valence-corrected chi connectivity index (χ1v) is 6.65. The highest BCUT2D eigenvalue weighted by Crippen LogP contribution is 2.33. The Morgan fingerprint density at radius 2 is 1.65 bits per heavy atom. The number of phenols is 3. The number of allylic oxidation sites excluding steroid dienone is 1. The molecule has 0 saturated heterocycles. The molecule has 0 heterocycles. The van der Waals surface area contributed by atoms with Crippen molar-refractivity contribution in [2.75, 3.05) is 14.2 Å². The Kier molecular flexibility index (Phi) is 4.75. The molecule has 0 spiro atoms. The van der Waals surface area contributed by atoms with E-state index in [4.69, 9.17) is 9.47 Å². The van der Waals surface area contributed by atoms with Crippen molar-refractivity contribution >= 4 is 11.9 Å². The van der Waals surface area contributed by atoms with Crippen molar-refractivity contribution in [2.45, 2.75) is 0 Å². The van der Waals surface area contributed by atoms with Crippen LogP contribution in [-0.4, -0.2) is 35.3 Å². The molecule has 0 aliphatic rings. The van der Waals surface area contributed by atoms with Gasteiger partial charge in [-0.15, -0.1) is 0 Å². The summed E-state index contributed by atoms with van der Waals surface area (Å²) in [6, 6.07) is 6.92. The minimum absolute atomic E-state index is 0.00572. The van der Waals surface area contributed by atoms with Crippen LogP contribution in [0.15, 0.2) is 36.4 Å². The van der Waals surface area contributed by atoms with Crippen LogP contribution in [0.2, 0.25) is 0 Å². The van der Waals surface area contributed by atoms with Gasteiger partial charge < -0.3 is 24.8 Å². The number of carbonyl (C=O) groups excluding carboxylic acids is 1. The second kappa shape index (κ2) is 6.74. The fourth-order valence-corrected chi connectivity index (χ4v) is 2.05. The van der Waals surface area contributed by atoms with Gasteiger partial charge in [0.2, 0.25) is 0 Å². The first-order valence-electron chi connectivity index (χ1n) is 6.65. The van der Waals surface area contributed by atoms with E-state index in [1.54, 1.807) is 12.1 Å². The van der Waals surface area contributed by atoms with Crippen molar-refractivity contribution in [3.8, 4) is 28.7 Å². The van der Waals surface area contributed by atoms with Crippen LogP contribution in [0, 0.1) is 0 Å². The van der Waals surface area contributed by atoms with Gasteiger partial charge in [0.15, 0.2) is 17.3 Å². The lowest BCUT2D eigenvalue weighted by Gasteiger charge is -2.08. The molecule has 0 fully saturated rings. The molecule has 6 heteroatoms. The molecule has 6 nitrogen and oxygen atoms in total. The lowest BCUT2D eigenvalue weighted by atomic mass is 10.1. The summed E-state index contributed by atoms with van der Waals surface area (Å²) < 4.78 is 9.99. The lowest BCUT2D eigenvalue weighted by Crippen LogP contribution is -1.99. The second-order valence-corrected chi connectivity index (χ2v) is 4.67. The highest BCUT2D eigenvalue weighted by molar-refractivity contribution is 6.10. The van der Waals surface area contributed by atoms with Crippen molar-refractivity contribution in [3.63, 3.8) is 0 Å². The quantitative estimate of drug-likeness (QED) is 0.580. The summed E-state index contributed by atoms with van der Waals surface area (Å²) in [6.45, 7) is 0. The van der Waals surface area contributed by atoms with Crippen LogP contribution in [0.4, 0.5) is 0 Å². The van der Waals surface area contributed by atoms with Gasteiger partial charge in [0.05, 0.1) is 14.2 Å². The molecule has 0 unspecified atom stereocenters. The average molecular weight is 316 g/mol. The van der Waals surface area contributed by atoms with Gasteiger partial charge in [0, 0.05) is 12.1 Å². The molecule has 0 bridgehead atoms. The normalized spacial score (nSPS) is 10.7. The Morgan fingerprint density at radius 3 is 2.30 bits per heavy atom. The zero-order valence-corrected chi connectivity index (χ0v) is 12.6. The fourth-order valence-electron chi connectivity index (χ4n) is 2.05. The largest absolute Gasteiger partial charge is 0.508 e. The lowest BCUT2D eigenvalue weighted by molar-refractivity contribution is 0.104. The second-order valence-electron chi connectivity index (χ2n) is 4.67. The number of rotatable bonds is 5. The van der Waals surface area contributed by atoms with Crippen molar-refractivity contribution < 1.29 is 29.6 Å². The molecule has 0 aliphatic heterocycles. The number of hydrogen-bond acceptors (Lipinski definition) is 6. The van der Waals surface area contributed by atoms with Crippen LogP contribution in [0.1, 0.15) is 15.9 Å². The van der Waals surface area contributed by atoms with E-state index in [9.17, 15) is 20.1 Å². The Balaban J connectivity index is 2.32. The number of ether oxygens (including phenoxy) is 2. The van der Waals surface area contributed by atoms with E-state index in [1.165, 1.54) is 38.5 Å². The molecule has 0 amide bonds. The molecule has 0 aromatic heterocycles. The van der Waals surface area contributed by atoms with E-state index >= 15 is 0 Å². The molecule has 2 aromatic rings. The topological polar surface area (TPSA) is 96.2 Å². The highest BCUT2D eigenvalue weighted by atomic mass is 16.5. The Morgan fingerprint density at radius 1 is 0.957 bits per heavy atom. The number of hydrogen-bond donors (Lipinski definition) is 3. The smallest absolute Gasteiger partial charge is 0.193 e. The first kappa shape index (κ1) is 16.2. The summed E-state index contributed by atoms with van der Waals surface area (Å²) in [5.74, 6) is -0.728. The Labute approximate surface area is 132 Å². The van der Waals surface area contributed by atoms with E-state index in [0.29, 0.717) is 5.56 Å². The monoisotopic (exact) mass is 316 g/mol. The predicted octanol–water partition coefficient (Wildman–Crippen LogP) is 2.72. The number of phenolic OH excluding ortho intramolecular Hbond substituents is 3. The summed E-state index contributed by atoms with van der Waals surface area (Å²) in [5.41, 5.74) is 0.581. The minimum atomic E-state index is -0.494. The van der Waals surface area contributed by atoms with Crippen molar-refractivity contribution in [1.82, 2.24) is 0 Å². The molecule has 2 aromatic carbocycles. The Bertz CT molecular complexity index is 764. The van der Waals surface area contributed by atoms with Crippen LogP contribution in [0.3, 0.4) is 0 Å². The third kappa shape index (κ3) is 3.55. The zero-order valence-electron chi connectivity index (χ0n) is 12.6. The molecule has 2 rings (SSSR count). The van der Waals surface area contributed by atoms with Gasteiger partial charge in [0.25, 0.3) is 0 Å². The van der Waals surface area contributed by atoms with Crippen molar-refractivity contribution in [3.05, 3.63) is 47.5 Å². The number of methoxy groups -OCH3 is 2. The molecular formula is C17H16O6. The van der Waals surface area contributed by atoms with Crippen LogP contribution in [0.25, 0.3) is 6.08 Å². The van der Waals surface area contributed by atoms with Crippen molar-refractivity contribution in [1.29, 1.82) is 0 Å². The van der Waals surface area contributed by atoms with Gasteiger partial charge in [-0.05, 0) is 23.8 Å². The van der Waals surface area contributed by atoms with Gasteiger partial charge in [-0.3, -0.25) is 4.79 Å². The van der Waals surface area contributed by atoms with E-state index in [-0.39, 0.29) is 34.3 Å². The van der Waals surface area contributed by atoms with E-state index in [0.717, 1.165) is 6.07 Å². The van der Waals surface area contributed by atoms with Crippen LogP contribution in [-0.2, 0) is 0 Å². The zero-order chi connectivity index (χ0) is 17.0. The molecule has 23 heavy (non-hydrogen) atoms. The molecule has 0 saturated carbocycles. The third-order valence-corrected chi connectivity index (χ3v) is 3.16. The van der Waals surface area contributed by atoms with Gasteiger partial charge in [-0.2, -0.15) is 0 Å². The van der Waals surface area contributed by atoms with Gasteiger partial charge in [0.1, 0.15) is 22.8 Å². The number of aromatic hydroxyl groups is 3. The molecule has 3 N–H and O–H groups in total. The highest BCUT2D eigenvalue weighted by Gasteiger charge is 2.16. The van der Waals surface area contributed by atoms with Crippen LogP contribution in [0.5, 0.6) is 28.7 Å². The van der Waals surface area contributed by atoms with Gasteiger partial charge in [-0.25, -0.2) is 0 Å². The first-order chi connectivity index (χ1) is 11.0. The number of ketones is 1. The SMILES string of the molecule is COc1cc(C=CC(=O)c2c(O)cc(O)cc2OC)ccc1O. The molecule has 0 atom stereocenters. The van der Waals surface area contributed by atoms with E-state index in [2.05, 4.69) is 0 Å². The standard InChI is InChI=1S/C17H16O6/c1-22-15-7-10(3-5-12(15)19)4-6-13(20)17-14(21)8-11(18)9-16(17)23-2/h3-9,18-19,21H,1-2H3. The molecule has 120 valence electrons. The summed E-state index contributed by atoms with van der Waals surface area (Å²) in [7, 11) is 2.76. The number of carbonyl (C=O) groups is 1. The van der Waals surface area contributed by atoms with E-state index in [1.807, 2.05) is 0 Å². The fraction of sp³-hybridized carbons (Fsp3) is 0.118. The van der Waals surface area contributed by atoms with Gasteiger partial charge in [-0.1, -0.05) is 12.1 Å². The molecule has 0 aliphatic carbocycles. The maximum Gasteiger partial charge on any atom is 0.193 e. The van der Waals surface area contributed by atoms with Crippen LogP contribution >= 0.6 is 0 Å². The number of benzene rings is 2. The van der Waals surface area contributed by atoms with E-state index < -0.39 is 5.78 Å². The molecule has 0 radical (unpaired) electrons. The summed E-state index contributed by atoms with van der Waals surface area (Å²) in [4.78, 5) is 12.3. The maximum absolute atomic E-state index is 12.3. The molecular weight excluding hydrogens is 300 g/mol. The minimum Gasteiger partial charge on any atom is -0.508 e. The summed E-state index contributed by atoms with van der Waals surface area (Å²) in [6.07, 6.45) is 2.76. The summed E-state index contributed by atoms with van der Waals surface area (Å²) in [5, 5.41) is 28.8. The Hall–Kier alpha value is -3.15.